The molecule has 21 heavy (non-hydrogen) atoms. The van der Waals surface area contributed by atoms with Gasteiger partial charge in [0.2, 0.25) is 5.91 Å². The van der Waals surface area contributed by atoms with E-state index in [2.05, 4.69) is 4.98 Å². The second-order valence-corrected chi connectivity index (χ2v) is 5.36. The number of hydrogen-bond acceptors (Lipinski definition) is 3. The summed E-state index contributed by atoms with van der Waals surface area (Å²) in [6, 6.07) is 3.58. The number of rotatable bonds is 3. The first kappa shape index (κ1) is 14.0. The first-order chi connectivity index (χ1) is 10.0. The number of imide groups is 1. The summed E-state index contributed by atoms with van der Waals surface area (Å²) in [6.07, 6.45) is 0.535. The van der Waals surface area contributed by atoms with Crippen molar-refractivity contribution in [2.24, 2.45) is 0 Å². The third-order valence-electron chi connectivity index (χ3n) is 3.71. The molecule has 0 radical (unpaired) electrons. The van der Waals surface area contributed by atoms with Crippen molar-refractivity contribution in [2.45, 2.75) is 18.9 Å². The molecule has 0 N–H and O–H groups in total. The number of hydrogen-bond donors (Lipinski definition) is 0. The SMILES string of the molecule is CN1C(=O)CC(n2c(CCCl)nc3cc(F)ccc32)C1=O. The number of benzene rings is 1. The maximum Gasteiger partial charge on any atom is 0.252 e. The molecule has 1 unspecified atom stereocenters. The van der Waals surface area contributed by atoms with Gasteiger partial charge in [-0.25, -0.2) is 9.37 Å². The minimum atomic E-state index is -0.629. The van der Waals surface area contributed by atoms with Crippen LogP contribution in [0.1, 0.15) is 18.3 Å². The molecule has 110 valence electrons. The van der Waals surface area contributed by atoms with Crippen LogP contribution >= 0.6 is 11.6 Å². The van der Waals surface area contributed by atoms with E-state index in [9.17, 15) is 14.0 Å². The number of nitrogens with zero attached hydrogens (tertiary/aromatic N) is 3. The summed E-state index contributed by atoms with van der Waals surface area (Å²) in [5, 5.41) is 0. The monoisotopic (exact) mass is 309 g/mol. The predicted octanol–water partition coefficient (Wildman–Crippen LogP) is 1.89. The Bertz CT molecular complexity index is 743. The van der Waals surface area contributed by atoms with Crippen molar-refractivity contribution in [1.29, 1.82) is 0 Å². The molecule has 1 aromatic carbocycles. The van der Waals surface area contributed by atoms with Gasteiger partial charge in [-0.2, -0.15) is 0 Å². The highest BCUT2D eigenvalue weighted by atomic mass is 35.5. The molecule has 1 atom stereocenters. The van der Waals surface area contributed by atoms with E-state index in [0.29, 0.717) is 29.2 Å². The highest BCUT2D eigenvalue weighted by Gasteiger charge is 2.39. The lowest BCUT2D eigenvalue weighted by Crippen LogP contribution is -2.27. The lowest BCUT2D eigenvalue weighted by atomic mass is 10.2. The van der Waals surface area contributed by atoms with Gasteiger partial charge in [-0.05, 0) is 12.1 Å². The van der Waals surface area contributed by atoms with E-state index in [4.69, 9.17) is 11.6 Å². The third kappa shape index (κ3) is 2.19. The molecular formula is C14H13ClFN3O2. The van der Waals surface area contributed by atoms with Crippen LogP contribution in [0.15, 0.2) is 18.2 Å². The van der Waals surface area contributed by atoms with Gasteiger partial charge in [-0.1, -0.05) is 0 Å². The Morgan fingerprint density at radius 3 is 2.81 bits per heavy atom. The summed E-state index contributed by atoms with van der Waals surface area (Å²) in [6.45, 7) is 0. The molecule has 1 saturated heterocycles. The van der Waals surface area contributed by atoms with E-state index in [1.807, 2.05) is 0 Å². The van der Waals surface area contributed by atoms with Crippen molar-refractivity contribution >= 4 is 34.4 Å². The molecule has 0 spiro atoms. The van der Waals surface area contributed by atoms with Gasteiger partial charge in [0.25, 0.3) is 5.91 Å². The van der Waals surface area contributed by atoms with Crippen molar-refractivity contribution < 1.29 is 14.0 Å². The van der Waals surface area contributed by atoms with Crippen LogP contribution in [0.25, 0.3) is 11.0 Å². The Kier molecular flexibility index (Phi) is 3.41. The van der Waals surface area contributed by atoms with E-state index >= 15 is 0 Å². The number of aromatic nitrogens is 2. The molecule has 1 aliphatic rings. The second-order valence-electron chi connectivity index (χ2n) is 4.98. The molecule has 2 aromatic rings. The molecule has 2 heterocycles. The van der Waals surface area contributed by atoms with Crippen LogP contribution in [0.3, 0.4) is 0 Å². The molecule has 1 aromatic heterocycles. The first-order valence-corrected chi connectivity index (χ1v) is 7.09. The molecule has 0 bridgehead atoms. The highest BCUT2D eigenvalue weighted by Crippen LogP contribution is 2.30. The van der Waals surface area contributed by atoms with Crippen molar-refractivity contribution in [3.8, 4) is 0 Å². The maximum atomic E-state index is 13.3. The van der Waals surface area contributed by atoms with Crippen molar-refractivity contribution in [3.63, 3.8) is 0 Å². The lowest BCUT2D eigenvalue weighted by molar-refractivity contribution is -0.137. The number of likely N-dealkylation sites (tertiary alicyclic amines) is 1. The van der Waals surface area contributed by atoms with Crippen LogP contribution < -0.4 is 0 Å². The second kappa shape index (κ2) is 5.11. The Morgan fingerprint density at radius 2 is 2.19 bits per heavy atom. The van der Waals surface area contributed by atoms with E-state index in [1.54, 1.807) is 10.6 Å². The predicted molar refractivity (Wildman–Crippen MR) is 75.5 cm³/mol. The van der Waals surface area contributed by atoms with Crippen LogP contribution in [0, 0.1) is 5.82 Å². The van der Waals surface area contributed by atoms with Gasteiger partial charge in [-0.3, -0.25) is 14.5 Å². The lowest BCUT2D eigenvalue weighted by Gasteiger charge is -2.14. The quantitative estimate of drug-likeness (QED) is 0.642. The van der Waals surface area contributed by atoms with E-state index < -0.39 is 11.9 Å². The molecule has 1 fully saturated rings. The summed E-state index contributed by atoms with van der Waals surface area (Å²) in [5.74, 6) is 0.0176. The number of aryl methyl sites for hydroxylation is 1. The minimum Gasteiger partial charge on any atom is -0.315 e. The summed E-state index contributed by atoms with van der Waals surface area (Å²) in [7, 11) is 1.46. The minimum absolute atomic E-state index is 0.0907. The third-order valence-corrected chi connectivity index (χ3v) is 3.90. The Morgan fingerprint density at radius 1 is 1.43 bits per heavy atom. The smallest absolute Gasteiger partial charge is 0.252 e. The van der Waals surface area contributed by atoms with Crippen molar-refractivity contribution in [2.75, 3.05) is 12.9 Å². The molecule has 2 amide bonds. The largest absolute Gasteiger partial charge is 0.315 e. The fourth-order valence-electron chi connectivity index (χ4n) is 2.67. The Balaban J connectivity index is 2.18. The number of halogens is 2. The fraction of sp³-hybridized carbons (Fsp3) is 0.357. The number of fused-ring (bicyclic) bond motifs is 1. The first-order valence-electron chi connectivity index (χ1n) is 6.55. The number of carbonyl (C=O) groups excluding carboxylic acids is 2. The summed E-state index contributed by atoms with van der Waals surface area (Å²) in [5.41, 5.74) is 1.10. The van der Waals surface area contributed by atoms with Crippen LogP contribution in [-0.4, -0.2) is 39.2 Å². The van der Waals surface area contributed by atoms with E-state index in [-0.39, 0.29) is 18.2 Å². The van der Waals surface area contributed by atoms with Crippen molar-refractivity contribution in [1.82, 2.24) is 14.5 Å². The number of amides is 2. The molecular weight excluding hydrogens is 297 g/mol. The zero-order valence-electron chi connectivity index (χ0n) is 11.3. The average Bonchev–Trinajstić information content (AvgIpc) is 2.91. The number of carbonyl (C=O) groups is 2. The van der Waals surface area contributed by atoms with Gasteiger partial charge in [0.15, 0.2) is 0 Å². The highest BCUT2D eigenvalue weighted by molar-refractivity contribution is 6.18. The topological polar surface area (TPSA) is 55.2 Å². The molecule has 7 heteroatoms. The maximum absolute atomic E-state index is 13.3. The van der Waals surface area contributed by atoms with Gasteiger partial charge in [0.1, 0.15) is 17.7 Å². The molecule has 0 saturated carbocycles. The van der Waals surface area contributed by atoms with Crippen LogP contribution in [0.2, 0.25) is 0 Å². The van der Waals surface area contributed by atoms with Gasteiger partial charge >= 0.3 is 0 Å². The normalized spacial score (nSPS) is 19.0. The van der Waals surface area contributed by atoms with Crippen LogP contribution in [0.5, 0.6) is 0 Å². The van der Waals surface area contributed by atoms with Crippen molar-refractivity contribution in [3.05, 3.63) is 29.8 Å². The number of likely N-dealkylation sites (N-methyl/N-ethyl adjacent to an activating group) is 1. The summed E-state index contributed by atoms with van der Waals surface area (Å²) < 4.78 is 15.0. The zero-order chi connectivity index (χ0) is 15.1. The zero-order valence-corrected chi connectivity index (χ0v) is 12.1. The molecule has 1 aliphatic heterocycles. The number of imidazole rings is 1. The Hall–Kier alpha value is -1.95. The van der Waals surface area contributed by atoms with Gasteiger partial charge in [0, 0.05) is 25.4 Å². The average molecular weight is 310 g/mol. The van der Waals surface area contributed by atoms with Gasteiger partial charge < -0.3 is 4.57 Å². The molecule has 3 rings (SSSR count). The van der Waals surface area contributed by atoms with Gasteiger partial charge in [0.05, 0.1) is 17.5 Å². The van der Waals surface area contributed by atoms with E-state index in [1.165, 1.54) is 19.2 Å². The molecule has 5 nitrogen and oxygen atoms in total. The summed E-state index contributed by atoms with van der Waals surface area (Å²) in [4.78, 5) is 29.4. The van der Waals surface area contributed by atoms with Crippen LogP contribution in [-0.2, 0) is 16.0 Å². The van der Waals surface area contributed by atoms with Gasteiger partial charge in [-0.15, -0.1) is 11.6 Å². The molecule has 0 aliphatic carbocycles. The fourth-order valence-corrected chi connectivity index (χ4v) is 2.84. The standard InChI is InChI=1S/C14H13ClFN3O2/c1-18-13(20)7-11(14(18)21)19-10-3-2-8(16)6-9(10)17-12(19)4-5-15/h2-3,6,11H,4-5,7H2,1H3. The van der Waals surface area contributed by atoms with E-state index in [0.717, 1.165) is 4.90 Å². The number of alkyl halides is 1. The van der Waals surface area contributed by atoms with Crippen LogP contribution in [0.4, 0.5) is 4.39 Å². The Labute approximate surface area is 125 Å². The summed E-state index contributed by atoms with van der Waals surface area (Å²) >= 11 is 5.78.